The SMILES string of the molecule is Brc1cnccc1[C@@H]1CCCCN1. The molecule has 0 unspecified atom stereocenters. The summed E-state index contributed by atoms with van der Waals surface area (Å²) in [7, 11) is 0. The minimum Gasteiger partial charge on any atom is -0.310 e. The molecule has 13 heavy (non-hydrogen) atoms. The summed E-state index contributed by atoms with van der Waals surface area (Å²) in [6.07, 6.45) is 7.59. The first-order valence-corrected chi connectivity index (χ1v) is 5.50. The van der Waals surface area contributed by atoms with Gasteiger partial charge in [-0.1, -0.05) is 6.42 Å². The highest BCUT2D eigenvalue weighted by molar-refractivity contribution is 9.10. The summed E-state index contributed by atoms with van der Waals surface area (Å²) in [5, 5.41) is 3.52. The monoisotopic (exact) mass is 240 g/mol. The third-order valence-electron chi connectivity index (χ3n) is 2.49. The number of nitrogens with one attached hydrogen (secondary N) is 1. The van der Waals surface area contributed by atoms with E-state index in [1.165, 1.54) is 24.8 Å². The Kier molecular flexibility index (Phi) is 2.96. The molecule has 3 heteroatoms. The van der Waals surface area contributed by atoms with Gasteiger partial charge < -0.3 is 5.32 Å². The predicted molar refractivity (Wildman–Crippen MR) is 56.5 cm³/mol. The molecule has 0 spiro atoms. The summed E-state index contributed by atoms with van der Waals surface area (Å²) in [5.74, 6) is 0. The van der Waals surface area contributed by atoms with Crippen molar-refractivity contribution in [3.63, 3.8) is 0 Å². The first kappa shape index (κ1) is 9.16. The Morgan fingerprint density at radius 1 is 1.46 bits per heavy atom. The molecular formula is C10H13BrN2. The average molecular weight is 241 g/mol. The van der Waals surface area contributed by atoms with E-state index in [9.17, 15) is 0 Å². The number of aromatic nitrogens is 1. The molecule has 1 aliphatic rings. The van der Waals surface area contributed by atoms with Gasteiger partial charge >= 0.3 is 0 Å². The molecule has 2 nitrogen and oxygen atoms in total. The lowest BCUT2D eigenvalue weighted by molar-refractivity contribution is 0.411. The normalized spacial score (nSPS) is 23.0. The van der Waals surface area contributed by atoms with Crippen LogP contribution < -0.4 is 5.32 Å². The predicted octanol–water partition coefficient (Wildman–Crippen LogP) is 2.66. The van der Waals surface area contributed by atoms with E-state index < -0.39 is 0 Å². The zero-order valence-electron chi connectivity index (χ0n) is 7.46. The maximum Gasteiger partial charge on any atom is 0.0413 e. The summed E-state index contributed by atoms with van der Waals surface area (Å²) in [6, 6.07) is 2.61. The molecular weight excluding hydrogens is 228 g/mol. The van der Waals surface area contributed by atoms with E-state index >= 15 is 0 Å². The lowest BCUT2D eigenvalue weighted by Crippen LogP contribution is -2.27. The highest BCUT2D eigenvalue weighted by atomic mass is 79.9. The maximum atomic E-state index is 4.07. The van der Waals surface area contributed by atoms with Crippen LogP contribution >= 0.6 is 15.9 Å². The first-order valence-electron chi connectivity index (χ1n) is 4.71. The van der Waals surface area contributed by atoms with E-state index in [4.69, 9.17) is 0 Å². The van der Waals surface area contributed by atoms with Crippen LogP contribution in [0.1, 0.15) is 30.9 Å². The van der Waals surface area contributed by atoms with Crippen LogP contribution in [0.3, 0.4) is 0 Å². The van der Waals surface area contributed by atoms with Crippen LogP contribution in [-0.4, -0.2) is 11.5 Å². The van der Waals surface area contributed by atoms with Crippen molar-refractivity contribution in [3.05, 3.63) is 28.5 Å². The molecule has 1 fully saturated rings. The van der Waals surface area contributed by atoms with E-state index in [0.717, 1.165) is 11.0 Å². The number of hydrogen-bond acceptors (Lipinski definition) is 2. The maximum absolute atomic E-state index is 4.07. The number of pyridine rings is 1. The Bertz CT molecular complexity index is 282. The molecule has 1 atom stereocenters. The highest BCUT2D eigenvalue weighted by Gasteiger charge is 2.16. The van der Waals surface area contributed by atoms with Crippen LogP contribution in [0.2, 0.25) is 0 Å². The van der Waals surface area contributed by atoms with Gasteiger partial charge in [-0.05, 0) is 46.9 Å². The zero-order valence-corrected chi connectivity index (χ0v) is 9.05. The van der Waals surface area contributed by atoms with E-state index in [-0.39, 0.29) is 0 Å². The Balaban J connectivity index is 2.18. The number of halogens is 1. The van der Waals surface area contributed by atoms with Crippen molar-refractivity contribution in [3.8, 4) is 0 Å². The molecule has 2 rings (SSSR count). The van der Waals surface area contributed by atoms with Gasteiger partial charge in [-0.15, -0.1) is 0 Å². The minimum atomic E-state index is 0.520. The van der Waals surface area contributed by atoms with Gasteiger partial charge in [-0.3, -0.25) is 4.98 Å². The fraction of sp³-hybridized carbons (Fsp3) is 0.500. The second-order valence-electron chi connectivity index (χ2n) is 3.40. The van der Waals surface area contributed by atoms with Gasteiger partial charge in [-0.25, -0.2) is 0 Å². The van der Waals surface area contributed by atoms with Crippen molar-refractivity contribution in [2.45, 2.75) is 25.3 Å². The molecule has 0 bridgehead atoms. The highest BCUT2D eigenvalue weighted by Crippen LogP contribution is 2.27. The van der Waals surface area contributed by atoms with Crippen molar-refractivity contribution < 1.29 is 0 Å². The number of piperidine rings is 1. The van der Waals surface area contributed by atoms with Gasteiger partial charge in [0.1, 0.15) is 0 Å². The fourth-order valence-electron chi connectivity index (χ4n) is 1.79. The van der Waals surface area contributed by atoms with Crippen LogP contribution in [0.15, 0.2) is 22.9 Å². The van der Waals surface area contributed by atoms with Crippen molar-refractivity contribution in [2.75, 3.05) is 6.54 Å². The summed E-state index contributed by atoms with van der Waals surface area (Å²) >= 11 is 3.53. The lowest BCUT2D eigenvalue weighted by Gasteiger charge is -2.24. The van der Waals surface area contributed by atoms with Crippen LogP contribution in [0, 0.1) is 0 Å². The number of nitrogens with zero attached hydrogens (tertiary/aromatic N) is 1. The fourth-order valence-corrected chi connectivity index (χ4v) is 2.31. The second kappa shape index (κ2) is 4.20. The molecule has 0 amide bonds. The molecule has 2 heterocycles. The molecule has 0 aromatic carbocycles. The van der Waals surface area contributed by atoms with Crippen LogP contribution in [0.5, 0.6) is 0 Å². The van der Waals surface area contributed by atoms with E-state index in [2.05, 4.69) is 32.3 Å². The summed E-state index contributed by atoms with van der Waals surface area (Å²) < 4.78 is 1.12. The van der Waals surface area contributed by atoms with Gasteiger partial charge in [0.05, 0.1) is 0 Å². The van der Waals surface area contributed by atoms with Gasteiger partial charge in [-0.2, -0.15) is 0 Å². The van der Waals surface area contributed by atoms with Gasteiger partial charge in [0.2, 0.25) is 0 Å². The number of hydrogen-bond donors (Lipinski definition) is 1. The van der Waals surface area contributed by atoms with E-state index in [0.29, 0.717) is 6.04 Å². The molecule has 0 radical (unpaired) electrons. The molecule has 1 N–H and O–H groups in total. The quantitative estimate of drug-likeness (QED) is 0.817. The van der Waals surface area contributed by atoms with Crippen molar-refractivity contribution in [2.24, 2.45) is 0 Å². The average Bonchev–Trinajstić information content (AvgIpc) is 2.20. The van der Waals surface area contributed by atoms with Crippen molar-refractivity contribution in [1.29, 1.82) is 0 Å². The third kappa shape index (κ3) is 2.09. The minimum absolute atomic E-state index is 0.520. The molecule has 1 aliphatic heterocycles. The van der Waals surface area contributed by atoms with Crippen LogP contribution in [0.25, 0.3) is 0 Å². The second-order valence-corrected chi connectivity index (χ2v) is 4.25. The Hall–Kier alpha value is -0.410. The molecule has 0 saturated carbocycles. The van der Waals surface area contributed by atoms with Crippen molar-refractivity contribution >= 4 is 15.9 Å². The lowest BCUT2D eigenvalue weighted by atomic mass is 9.99. The third-order valence-corrected chi connectivity index (χ3v) is 3.15. The topological polar surface area (TPSA) is 24.9 Å². The number of rotatable bonds is 1. The Morgan fingerprint density at radius 3 is 3.08 bits per heavy atom. The van der Waals surface area contributed by atoms with E-state index in [1.54, 1.807) is 0 Å². The summed E-state index contributed by atoms with van der Waals surface area (Å²) in [6.45, 7) is 1.14. The largest absolute Gasteiger partial charge is 0.310 e. The summed E-state index contributed by atoms with van der Waals surface area (Å²) in [4.78, 5) is 4.07. The zero-order chi connectivity index (χ0) is 9.10. The van der Waals surface area contributed by atoms with Gasteiger partial charge in [0.25, 0.3) is 0 Å². The Labute approximate surface area is 86.9 Å². The van der Waals surface area contributed by atoms with Gasteiger partial charge in [0.15, 0.2) is 0 Å². The van der Waals surface area contributed by atoms with Crippen LogP contribution in [0.4, 0.5) is 0 Å². The van der Waals surface area contributed by atoms with Crippen LogP contribution in [-0.2, 0) is 0 Å². The van der Waals surface area contributed by atoms with E-state index in [1.807, 2.05) is 12.4 Å². The first-order chi connectivity index (χ1) is 6.38. The molecule has 0 aliphatic carbocycles. The molecule has 70 valence electrons. The van der Waals surface area contributed by atoms with Crippen molar-refractivity contribution in [1.82, 2.24) is 10.3 Å². The smallest absolute Gasteiger partial charge is 0.0413 e. The van der Waals surface area contributed by atoms with Gasteiger partial charge in [0, 0.05) is 22.9 Å². The summed E-state index contributed by atoms with van der Waals surface area (Å²) in [5.41, 5.74) is 1.34. The molecule has 1 saturated heterocycles. The molecule has 1 aromatic heterocycles. The standard InChI is InChI=1S/C10H13BrN2/c11-9-7-12-6-4-8(9)10-3-1-2-5-13-10/h4,6-7,10,13H,1-3,5H2/t10-/m0/s1. The molecule has 1 aromatic rings. The Morgan fingerprint density at radius 2 is 2.38 bits per heavy atom.